The molecule has 36 heavy (non-hydrogen) atoms. The van der Waals surface area contributed by atoms with Crippen LogP contribution in [0.2, 0.25) is 0 Å². The van der Waals surface area contributed by atoms with Crippen LogP contribution in [0.25, 0.3) is 0 Å². The van der Waals surface area contributed by atoms with E-state index in [4.69, 9.17) is 4.74 Å². The molecule has 0 radical (unpaired) electrons. The van der Waals surface area contributed by atoms with Crippen LogP contribution < -0.4 is 0 Å². The van der Waals surface area contributed by atoms with E-state index in [-0.39, 0.29) is 35.0 Å². The summed E-state index contributed by atoms with van der Waals surface area (Å²) in [4.78, 5) is 27.3. The summed E-state index contributed by atoms with van der Waals surface area (Å²) < 4.78 is 7.02. The first-order valence-electron chi connectivity index (χ1n) is 14.0. The molecular formula is C29H45N3O4. The SMILES string of the molecule is COC[C@@]1(O)CC[C@@]2(C)[C@@H](CC[C@@H]3[C@@H]2CC[C@]2(C)[C@@H](C(=O)Cn4cc(C(=O)N(C)C)cn4)CC[C@@H]32)C1. The van der Waals surface area contributed by atoms with Crippen LogP contribution in [0, 0.1) is 40.4 Å². The summed E-state index contributed by atoms with van der Waals surface area (Å²) in [6, 6.07) is 0. The van der Waals surface area contributed by atoms with Crippen molar-refractivity contribution in [2.45, 2.75) is 83.8 Å². The number of aromatic nitrogens is 2. The van der Waals surface area contributed by atoms with Crippen molar-refractivity contribution < 1.29 is 19.4 Å². The van der Waals surface area contributed by atoms with E-state index < -0.39 is 5.60 Å². The third-order valence-corrected chi connectivity index (χ3v) is 11.2. The largest absolute Gasteiger partial charge is 0.387 e. The summed E-state index contributed by atoms with van der Waals surface area (Å²) in [6.07, 6.45) is 12.9. The van der Waals surface area contributed by atoms with Crippen LogP contribution in [0.3, 0.4) is 0 Å². The van der Waals surface area contributed by atoms with Crippen molar-refractivity contribution >= 4 is 11.7 Å². The first-order chi connectivity index (χ1) is 17.0. The summed E-state index contributed by atoms with van der Waals surface area (Å²) in [5, 5.41) is 15.4. The zero-order valence-electron chi connectivity index (χ0n) is 22.8. The van der Waals surface area contributed by atoms with E-state index in [1.54, 1.807) is 38.3 Å². The van der Waals surface area contributed by atoms with Crippen molar-refractivity contribution in [3.8, 4) is 0 Å². The third-order valence-electron chi connectivity index (χ3n) is 11.2. The van der Waals surface area contributed by atoms with E-state index in [9.17, 15) is 14.7 Å². The molecule has 0 aromatic carbocycles. The molecule has 7 heteroatoms. The molecular weight excluding hydrogens is 454 g/mol. The molecule has 4 fully saturated rings. The quantitative estimate of drug-likeness (QED) is 0.634. The van der Waals surface area contributed by atoms with Gasteiger partial charge in [-0.1, -0.05) is 13.8 Å². The minimum Gasteiger partial charge on any atom is -0.387 e. The fourth-order valence-corrected chi connectivity index (χ4v) is 9.34. The zero-order chi connectivity index (χ0) is 25.9. The lowest BCUT2D eigenvalue weighted by atomic mass is 9.44. The summed E-state index contributed by atoms with van der Waals surface area (Å²) >= 11 is 0. The Morgan fingerprint density at radius 2 is 1.83 bits per heavy atom. The molecule has 0 unspecified atom stereocenters. The van der Waals surface area contributed by atoms with Gasteiger partial charge in [0.2, 0.25) is 0 Å². The molecule has 5 rings (SSSR count). The molecule has 1 amide bonds. The molecule has 0 bridgehead atoms. The Labute approximate surface area is 215 Å². The maximum Gasteiger partial charge on any atom is 0.256 e. The smallest absolute Gasteiger partial charge is 0.256 e. The van der Waals surface area contributed by atoms with Gasteiger partial charge in [-0.15, -0.1) is 0 Å². The normalized spacial score (nSPS) is 41.8. The summed E-state index contributed by atoms with van der Waals surface area (Å²) in [5.41, 5.74) is 0.210. The number of aliphatic hydroxyl groups is 1. The van der Waals surface area contributed by atoms with Crippen LogP contribution >= 0.6 is 0 Å². The average molecular weight is 500 g/mol. The number of amides is 1. The standard InChI is InChI=1S/C29H45N3O4/c1-27-12-13-29(35,18-36-5)14-20(27)6-7-21-22-8-9-24(28(22,2)11-10-23(21)27)25(33)17-32-16-19(15-30-32)26(34)31(3)4/h15-16,20-24,35H,6-14,17-18H2,1-5H3/t20-,21-,22-,23-,24+,27-,28-,29+/m0/s1. The van der Waals surface area contributed by atoms with Gasteiger partial charge in [-0.05, 0) is 92.3 Å². The molecule has 0 saturated heterocycles. The van der Waals surface area contributed by atoms with Crippen molar-refractivity contribution in [3.63, 3.8) is 0 Å². The van der Waals surface area contributed by atoms with Crippen LogP contribution in [0.4, 0.5) is 0 Å². The number of carbonyl (C=O) groups excluding carboxylic acids is 2. The molecule has 8 atom stereocenters. The Bertz CT molecular complexity index is 1010. The predicted molar refractivity (Wildman–Crippen MR) is 137 cm³/mol. The molecule has 7 nitrogen and oxygen atoms in total. The Balaban J connectivity index is 1.28. The topological polar surface area (TPSA) is 84.7 Å². The van der Waals surface area contributed by atoms with Gasteiger partial charge in [-0.3, -0.25) is 14.3 Å². The Morgan fingerprint density at radius 3 is 2.56 bits per heavy atom. The highest BCUT2D eigenvalue weighted by atomic mass is 16.5. The second-order valence-corrected chi connectivity index (χ2v) is 13.3. The molecule has 4 aliphatic rings. The fourth-order valence-electron chi connectivity index (χ4n) is 9.34. The van der Waals surface area contributed by atoms with E-state index in [1.807, 2.05) is 0 Å². The number of ketones is 1. The predicted octanol–water partition coefficient (Wildman–Crippen LogP) is 4.19. The van der Waals surface area contributed by atoms with E-state index >= 15 is 0 Å². The van der Waals surface area contributed by atoms with Gasteiger partial charge in [-0.25, -0.2) is 0 Å². The molecule has 4 aliphatic carbocycles. The number of hydrogen-bond donors (Lipinski definition) is 1. The van der Waals surface area contributed by atoms with Crippen molar-refractivity contribution in [2.24, 2.45) is 40.4 Å². The number of hydrogen-bond acceptors (Lipinski definition) is 5. The highest BCUT2D eigenvalue weighted by Crippen LogP contribution is 2.68. The lowest BCUT2D eigenvalue weighted by Gasteiger charge is -2.62. The van der Waals surface area contributed by atoms with Gasteiger partial charge >= 0.3 is 0 Å². The molecule has 1 aromatic heterocycles. The summed E-state index contributed by atoms with van der Waals surface area (Å²) in [6.45, 7) is 5.59. The Morgan fingerprint density at radius 1 is 1.08 bits per heavy atom. The van der Waals surface area contributed by atoms with E-state index in [2.05, 4.69) is 18.9 Å². The van der Waals surface area contributed by atoms with Gasteiger partial charge in [0.15, 0.2) is 5.78 Å². The number of carbonyl (C=O) groups is 2. The molecule has 0 aliphatic heterocycles. The number of methoxy groups -OCH3 is 1. The number of fused-ring (bicyclic) bond motifs is 5. The van der Waals surface area contributed by atoms with Crippen molar-refractivity contribution in [1.29, 1.82) is 0 Å². The summed E-state index contributed by atoms with van der Waals surface area (Å²) in [5.74, 6) is 2.80. The van der Waals surface area contributed by atoms with Gasteiger partial charge in [0.1, 0.15) is 0 Å². The average Bonchev–Trinajstić information content (AvgIpc) is 3.43. The Hall–Kier alpha value is -1.73. The van der Waals surface area contributed by atoms with Crippen LogP contribution in [0.15, 0.2) is 12.4 Å². The number of Topliss-reactive ketones (excluding diaryl/α,β-unsaturated/α-hetero) is 1. The lowest BCUT2D eigenvalue weighted by Crippen LogP contribution is -2.56. The maximum absolute atomic E-state index is 13.6. The zero-order valence-corrected chi connectivity index (χ0v) is 22.8. The summed E-state index contributed by atoms with van der Waals surface area (Å²) in [7, 11) is 5.14. The Kier molecular flexibility index (Phi) is 6.64. The van der Waals surface area contributed by atoms with E-state index in [1.165, 1.54) is 24.2 Å². The van der Waals surface area contributed by atoms with Gasteiger partial charge in [-0.2, -0.15) is 5.10 Å². The van der Waals surface area contributed by atoms with Crippen molar-refractivity contribution in [3.05, 3.63) is 18.0 Å². The van der Waals surface area contributed by atoms with Gasteiger partial charge in [0, 0.05) is 33.3 Å². The lowest BCUT2D eigenvalue weighted by molar-refractivity contribution is -0.164. The minimum atomic E-state index is -0.663. The number of nitrogens with zero attached hydrogens (tertiary/aromatic N) is 3. The van der Waals surface area contributed by atoms with Crippen LogP contribution in [-0.4, -0.2) is 64.9 Å². The number of ether oxygens (including phenoxy) is 1. The highest BCUT2D eigenvalue weighted by molar-refractivity contribution is 5.93. The first kappa shape index (κ1) is 25.9. The number of rotatable bonds is 6. The van der Waals surface area contributed by atoms with Gasteiger partial charge in [0.25, 0.3) is 5.91 Å². The first-order valence-corrected chi connectivity index (χ1v) is 14.0. The molecule has 4 saturated carbocycles. The van der Waals surface area contributed by atoms with Crippen molar-refractivity contribution in [1.82, 2.24) is 14.7 Å². The van der Waals surface area contributed by atoms with Crippen molar-refractivity contribution in [2.75, 3.05) is 27.8 Å². The minimum absolute atomic E-state index is 0.0579. The molecule has 1 aromatic rings. The van der Waals surface area contributed by atoms with E-state index in [0.717, 1.165) is 38.5 Å². The highest BCUT2D eigenvalue weighted by Gasteiger charge is 2.62. The third kappa shape index (κ3) is 4.14. The second kappa shape index (κ2) is 9.23. The van der Waals surface area contributed by atoms with Crippen LogP contribution in [-0.2, 0) is 16.1 Å². The molecule has 0 spiro atoms. The van der Waals surface area contributed by atoms with Gasteiger partial charge in [0.05, 0.1) is 30.5 Å². The molecule has 200 valence electrons. The monoisotopic (exact) mass is 499 g/mol. The van der Waals surface area contributed by atoms with Crippen LogP contribution in [0.5, 0.6) is 0 Å². The second-order valence-electron chi connectivity index (χ2n) is 13.3. The molecule has 1 N–H and O–H groups in total. The maximum atomic E-state index is 13.6. The fraction of sp³-hybridized carbons (Fsp3) is 0.828. The van der Waals surface area contributed by atoms with Gasteiger partial charge < -0.3 is 14.7 Å². The molecule has 1 heterocycles. The van der Waals surface area contributed by atoms with E-state index in [0.29, 0.717) is 35.8 Å². The van der Waals surface area contributed by atoms with Crippen LogP contribution in [0.1, 0.15) is 82.0 Å².